The third-order valence-corrected chi connectivity index (χ3v) is 3.41. The summed E-state index contributed by atoms with van der Waals surface area (Å²) in [5.74, 6) is -1.61. The fourth-order valence-corrected chi connectivity index (χ4v) is 2.04. The molecule has 0 saturated carbocycles. The molecule has 0 spiro atoms. The summed E-state index contributed by atoms with van der Waals surface area (Å²) in [7, 11) is 0. The highest BCUT2D eigenvalue weighted by atomic mass is 35.5. The van der Waals surface area contributed by atoms with Gasteiger partial charge in [-0.1, -0.05) is 29.3 Å². The van der Waals surface area contributed by atoms with E-state index in [9.17, 15) is 14.7 Å². The number of carbonyl (C=O) groups excluding carboxylic acids is 1. The molecule has 22 heavy (non-hydrogen) atoms. The molecule has 1 atom stereocenters. The largest absolute Gasteiger partial charge is 0.480 e. The summed E-state index contributed by atoms with van der Waals surface area (Å²) in [6, 6.07) is 8.35. The number of pyridine rings is 1. The average molecular weight is 339 g/mol. The molecule has 114 valence electrons. The van der Waals surface area contributed by atoms with Gasteiger partial charge in [-0.2, -0.15) is 0 Å². The van der Waals surface area contributed by atoms with E-state index in [4.69, 9.17) is 23.2 Å². The molecule has 0 radical (unpaired) electrons. The van der Waals surface area contributed by atoms with E-state index < -0.39 is 17.9 Å². The lowest BCUT2D eigenvalue weighted by Crippen LogP contribution is -2.42. The van der Waals surface area contributed by atoms with Crippen LogP contribution in [0.25, 0.3) is 0 Å². The lowest BCUT2D eigenvalue weighted by molar-refractivity contribution is -0.139. The van der Waals surface area contributed by atoms with Crippen molar-refractivity contribution in [2.45, 2.75) is 12.5 Å². The number of hydrogen-bond donors (Lipinski definition) is 2. The zero-order chi connectivity index (χ0) is 16.1. The Hall–Kier alpha value is -2.11. The summed E-state index contributed by atoms with van der Waals surface area (Å²) in [4.78, 5) is 27.3. The summed E-state index contributed by atoms with van der Waals surface area (Å²) in [6.45, 7) is 0. The standard InChI is InChI=1S/C15H12Cl2N2O3/c16-11-4-2-10(3-5-11)14(20)19-12(15(21)22)7-9-1-6-13(17)18-8-9/h1-6,8,12H,7H2,(H,19,20)(H,21,22)/t12-/m1/s1. The van der Waals surface area contributed by atoms with Gasteiger partial charge in [0.2, 0.25) is 0 Å². The van der Waals surface area contributed by atoms with E-state index in [2.05, 4.69) is 10.3 Å². The summed E-state index contributed by atoms with van der Waals surface area (Å²) in [5.41, 5.74) is 0.998. The quantitative estimate of drug-likeness (QED) is 0.821. The minimum atomic E-state index is -1.13. The number of halogens is 2. The van der Waals surface area contributed by atoms with Crippen molar-refractivity contribution in [3.05, 3.63) is 63.9 Å². The van der Waals surface area contributed by atoms with Crippen molar-refractivity contribution in [1.29, 1.82) is 0 Å². The number of carboxylic acid groups (broad SMARTS) is 1. The molecule has 1 heterocycles. The van der Waals surface area contributed by atoms with E-state index in [0.717, 1.165) is 0 Å². The van der Waals surface area contributed by atoms with Crippen LogP contribution in [0.4, 0.5) is 0 Å². The Morgan fingerprint density at radius 1 is 1.14 bits per heavy atom. The molecule has 1 amide bonds. The third-order valence-electron chi connectivity index (χ3n) is 2.94. The van der Waals surface area contributed by atoms with Gasteiger partial charge >= 0.3 is 5.97 Å². The SMILES string of the molecule is O=C(N[C@H](Cc1ccc(Cl)nc1)C(=O)O)c1ccc(Cl)cc1. The van der Waals surface area contributed by atoms with Crippen molar-refractivity contribution in [3.63, 3.8) is 0 Å². The highest BCUT2D eigenvalue weighted by Crippen LogP contribution is 2.11. The molecular weight excluding hydrogens is 327 g/mol. The third kappa shape index (κ3) is 4.44. The van der Waals surface area contributed by atoms with Crippen LogP contribution in [0.1, 0.15) is 15.9 Å². The number of carboxylic acids is 1. The van der Waals surface area contributed by atoms with Crippen molar-refractivity contribution >= 4 is 35.1 Å². The maximum atomic E-state index is 12.1. The summed E-state index contributed by atoms with van der Waals surface area (Å²) < 4.78 is 0. The number of aromatic nitrogens is 1. The zero-order valence-corrected chi connectivity index (χ0v) is 12.8. The predicted molar refractivity (Wildman–Crippen MR) is 83.3 cm³/mol. The molecule has 0 saturated heterocycles. The van der Waals surface area contributed by atoms with Crippen LogP contribution in [0.3, 0.4) is 0 Å². The lowest BCUT2D eigenvalue weighted by Gasteiger charge is -2.14. The maximum Gasteiger partial charge on any atom is 0.326 e. The molecule has 2 rings (SSSR count). The van der Waals surface area contributed by atoms with Crippen LogP contribution in [0, 0.1) is 0 Å². The first-order valence-electron chi connectivity index (χ1n) is 6.35. The first-order valence-corrected chi connectivity index (χ1v) is 7.11. The number of nitrogens with zero attached hydrogens (tertiary/aromatic N) is 1. The molecule has 1 aromatic carbocycles. The van der Waals surface area contributed by atoms with Gasteiger partial charge in [0.1, 0.15) is 11.2 Å². The molecule has 5 nitrogen and oxygen atoms in total. The average Bonchev–Trinajstić information content (AvgIpc) is 2.49. The molecule has 0 aliphatic carbocycles. The van der Waals surface area contributed by atoms with Crippen LogP contribution < -0.4 is 5.32 Å². The molecular formula is C15H12Cl2N2O3. The van der Waals surface area contributed by atoms with Crippen molar-refractivity contribution < 1.29 is 14.7 Å². The molecule has 2 N–H and O–H groups in total. The van der Waals surface area contributed by atoms with Crippen LogP contribution in [-0.2, 0) is 11.2 Å². The highest BCUT2D eigenvalue weighted by Gasteiger charge is 2.21. The van der Waals surface area contributed by atoms with Crippen molar-refractivity contribution in [2.24, 2.45) is 0 Å². The van der Waals surface area contributed by atoms with Crippen molar-refractivity contribution in [1.82, 2.24) is 10.3 Å². The van der Waals surface area contributed by atoms with Gasteiger partial charge < -0.3 is 10.4 Å². The Kier molecular flexibility index (Phi) is 5.35. The van der Waals surface area contributed by atoms with Crippen molar-refractivity contribution in [3.8, 4) is 0 Å². The smallest absolute Gasteiger partial charge is 0.326 e. The van der Waals surface area contributed by atoms with E-state index >= 15 is 0 Å². The number of hydrogen-bond acceptors (Lipinski definition) is 3. The Labute approximate surface area is 136 Å². The lowest BCUT2D eigenvalue weighted by atomic mass is 10.1. The van der Waals surface area contributed by atoms with Crippen LogP contribution in [0.15, 0.2) is 42.6 Å². The fourth-order valence-electron chi connectivity index (χ4n) is 1.81. The van der Waals surface area contributed by atoms with Crippen LogP contribution >= 0.6 is 23.2 Å². The second-order valence-electron chi connectivity index (χ2n) is 4.56. The van der Waals surface area contributed by atoms with E-state index in [0.29, 0.717) is 21.3 Å². The molecule has 0 bridgehead atoms. The normalized spacial score (nSPS) is 11.7. The van der Waals surface area contributed by atoms with Crippen molar-refractivity contribution in [2.75, 3.05) is 0 Å². The topological polar surface area (TPSA) is 79.3 Å². The van der Waals surface area contributed by atoms with E-state index in [1.54, 1.807) is 24.3 Å². The summed E-state index contributed by atoms with van der Waals surface area (Å²) in [5, 5.41) is 12.5. The van der Waals surface area contributed by atoms with Crippen LogP contribution in [-0.4, -0.2) is 28.0 Å². The number of amides is 1. The number of aliphatic carboxylic acids is 1. The van der Waals surface area contributed by atoms with Crippen LogP contribution in [0.2, 0.25) is 10.2 Å². The maximum absolute atomic E-state index is 12.1. The fraction of sp³-hybridized carbons (Fsp3) is 0.133. The number of nitrogens with one attached hydrogen (secondary N) is 1. The summed E-state index contributed by atoms with van der Waals surface area (Å²) in [6.07, 6.45) is 1.59. The van der Waals surface area contributed by atoms with E-state index in [-0.39, 0.29) is 6.42 Å². The van der Waals surface area contributed by atoms with E-state index in [1.165, 1.54) is 18.3 Å². The van der Waals surface area contributed by atoms with Gasteiger partial charge in [0, 0.05) is 23.2 Å². The van der Waals surface area contributed by atoms with Gasteiger partial charge in [0.25, 0.3) is 5.91 Å². The summed E-state index contributed by atoms with van der Waals surface area (Å²) >= 11 is 11.4. The second-order valence-corrected chi connectivity index (χ2v) is 5.39. The van der Waals surface area contributed by atoms with E-state index in [1.807, 2.05) is 0 Å². The Balaban J connectivity index is 2.08. The van der Waals surface area contributed by atoms with Gasteiger partial charge in [-0.3, -0.25) is 4.79 Å². The van der Waals surface area contributed by atoms with Gasteiger partial charge in [-0.15, -0.1) is 0 Å². The zero-order valence-electron chi connectivity index (χ0n) is 11.3. The minimum Gasteiger partial charge on any atom is -0.480 e. The first kappa shape index (κ1) is 16.3. The van der Waals surface area contributed by atoms with Crippen LogP contribution in [0.5, 0.6) is 0 Å². The number of carbonyl (C=O) groups is 2. The predicted octanol–water partition coefficient (Wildman–Crippen LogP) is 2.81. The molecule has 7 heteroatoms. The van der Waals surface area contributed by atoms with Gasteiger partial charge in [0.15, 0.2) is 0 Å². The number of benzene rings is 1. The molecule has 0 aliphatic rings. The monoisotopic (exact) mass is 338 g/mol. The Bertz CT molecular complexity index is 672. The Morgan fingerprint density at radius 2 is 1.82 bits per heavy atom. The number of rotatable bonds is 5. The first-order chi connectivity index (χ1) is 10.5. The molecule has 0 fully saturated rings. The molecule has 0 aliphatic heterocycles. The van der Waals surface area contributed by atoms with Gasteiger partial charge in [-0.05, 0) is 35.9 Å². The Morgan fingerprint density at radius 3 is 2.36 bits per heavy atom. The molecule has 0 unspecified atom stereocenters. The molecule has 2 aromatic rings. The van der Waals surface area contributed by atoms with Gasteiger partial charge in [-0.25, -0.2) is 9.78 Å². The minimum absolute atomic E-state index is 0.110. The highest BCUT2D eigenvalue weighted by molar-refractivity contribution is 6.30. The second kappa shape index (κ2) is 7.24. The molecule has 1 aromatic heterocycles. The van der Waals surface area contributed by atoms with Gasteiger partial charge in [0.05, 0.1) is 0 Å².